The van der Waals surface area contributed by atoms with Gasteiger partial charge in [-0.2, -0.15) is 0 Å². The Balaban J connectivity index is 2.25. The number of nitrogens with zero attached hydrogens (tertiary/aromatic N) is 1. The Labute approximate surface area is 111 Å². The summed E-state index contributed by atoms with van der Waals surface area (Å²) >= 11 is 0. The van der Waals surface area contributed by atoms with Crippen LogP contribution < -0.4 is 11.1 Å². The first-order valence-corrected chi connectivity index (χ1v) is 5.94. The van der Waals surface area contributed by atoms with Gasteiger partial charge < -0.3 is 15.8 Å². The molecule has 5 nitrogen and oxygen atoms in total. The molecule has 0 fully saturated rings. The molecule has 2 rings (SSSR count). The van der Waals surface area contributed by atoms with Crippen LogP contribution in [0.25, 0.3) is 0 Å². The molecule has 3 N–H and O–H groups in total. The lowest BCUT2D eigenvalue weighted by molar-refractivity contribution is 0.0526. The second-order valence-electron chi connectivity index (χ2n) is 3.89. The molecule has 0 aliphatic carbocycles. The lowest BCUT2D eigenvalue weighted by atomic mass is 10.1. The van der Waals surface area contributed by atoms with Crippen molar-refractivity contribution >= 4 is 23.0 Å². The number of anilines is 3. The second-order valence-corrected chi connectivity index (χ2v) is 3.89. The van der Waals surface area contributed by atoms with E-state index in [-0.39, 0.29) is 5.97 Å². The topological polar surface area (TPSA) is 77.2 Å². The molecule has 0 spiro atoms. The molecule has 1 heterocycles. The number of hydrogen-bond donors (Lipinski definition) is 2. The maximum absolute atomic E-state index is 11.7. The third-order valence-corrected chi connectivity index (χ3v) is 2.50. The molecule has 0 aliphatic rings. The van der Waals surface area contributed by atoms with Crippen molar-refractivity contribution in [2.45, 2.75) is 6.92 Å². The van der Waals surface area contributed by atoms with Crippen molar-refractivity contribution in [1.29, 1.82) is 0 Å². The number of nitrogens with two attached hydrogens (primary N) is 1. The Hall–Kier alpha value is -2.56. The highest BCUT2D eigenvalue weighted by Gasteiger charge is 2.09. The zero-order valence-electron chi connectivity index (χ0n) is 10.6. The second kappa shape index (κ2) is 5.86. The molecule has 0 saturated heterocycles. The molecule has 5 heteroatoms. The number of nitrogen functional groups attached to an aromatic ring is 1. The van der Waals surface area contributed by atoms with E-state index in [1.807, 2.05) is 12.1 Å². The van der Waals surface area contributed by atoms with Gasteiger partial charge in [0.2, 0.25) is 0 Å². The molecule has 2 aromatic rings. The van der Waals surface area contributed by atoms with E-state index in [0.29, 0.717) is 23.5 Å². The van der Waals surface area contributed by atoms with Crippen LogP contribution in [0.2, 0.25) is 0 Å². The highest BCUT2D eigenvalue weighted by molar-refractivity contribution is 5.92. The van der Waals surface area contributed by atoms with E-state index in [1.54, 1.807) is 37.5 Å². The van der Waals surface area contributed by atoms with Crippen LogP contribution in [0, 0.1) is 0 Å². The molecule has 98 valence electrons. The summed E-state index contributed by atoms with van der Waals surface area (Å²) in [6, 6.07) is 8.66. The van der Waals surface area contributed by atoms with Crippen molar-refractivity contribution < 1.29 is 9.53 Å². The fraction of sp³-hybridized carbons (Fsp3) is 0.143. The minimum absolute atomic E-state index is 0.342. The Morgan fingerprint density at radius 3 is 2.95 bits per heavy atom. The first kappa shape index (κ1) is 12.9. The lowest BCUT2D eigenvalue weighted by Gasteiger charge is -2.10. The van der Waals surface area contributed by atoms with Gasteiger partial charge >= 0.3 is 5.97 Å². The van der Waals surface area contributed by atoms with E-state index in [1.165, 1.54) is 0 Å². The summed E-state index contributed by atoms with van der Waals surface area (Å²) < 4.78 is 4.95. The predicted octanol–water partition coefficient (Wildman–Crippen LogP) is 2.58. The molecule has 0 atom stereocenters. The summed E-state index contributed by atoms with van der Waals surface area (Å²) in [7, 11) is 0. The number of nitrogens with one attached hydrogen (secondary N) is 1. The lowest BCUT2D eigenvalue weighted by Crippen LogP contribution is -2.06. The summed E-state index contributed by atoms with van der Waals surface area (Å²) in [5.41, 5.74) is 8.34. The molecule has 1 aromatic carbocycles. The van der Waals surface area contributed by atoms with E-state index in [2.05, 4.69) is 10.3 Å². The van der Waals surface area contributed by atoms with Crippen LogP contribution in [0.15, 0.2) is 42.7 Å². The van der Waals surface area contributed by atoms with Crippen molar-refractivity contribution in [3.8, 4) is 0 Å². The molecular weight excluding hydrogens is 242 g/mol. The average Bonchev–Trinajstić information content (AvgIpc) is 2.42. The van der Waals surface area contributed by atoms with Crippen molar-refractivity contribution in [3.63, 3.8) is 0 Å². The molecule has 0 bridgehead atoms. The number of benzene rings is 1. The zero-order chi connectivity index (χ0) is 13.7. The maximum Gasteiger partial charge on any atom is 0.338 e. The largest absolute Gasteiger partial charge is 0.462 e. The number of esters is 1. The van der Waals surface area contributed by atoms with E-state index in [0.717, 1.165) is 5.69 Å². The van der Waals surface area contributed by atoms with Gasteiger partial charge in [-0.05, 0) is 37.3 Å². The number of ether oxygens (including phenoxy) is 1. The van der Waals surface area contributed by atoms with Crippen molar-refractivity contribution in [3.05, 3.63) is 48.3 Å². The third-order valence-electron chi connectivity index (χ3n) is 2.50. The SMILES string of the molecule is CCOC(=O)c1ccc(N)c(Nc2cccnc2)c1. The highest BCUT2D eigenvalue weighted by atomic mass is 16.5. The summed E-state index contributed by atoms with van der Waals surface area (Å²) in [6.07, 6.45) is 3.36. The minimum atomic E-state index is -0.364. The van der Waals surface area contributed by atoms with E-state index in [9.17, 15) is 4.79 Å². The van der Waals surface area contributed by atoms with Crippen LogP contribution in [-0.4, -0.2) is 17.6 Å². The van der Waals surface area contributed by atoms with E-state index >= 15 is 0 Å². The molecule has 1 aromatic heterocycles. The fourth-order valence-electron chi connectivity index (χ4n) is 1.60. The molecule has 0 amide bonds. The normalized spacial score (nSPS) is 9.95. The van der Waals surface area contributed by atoms with Gasteiger partial charge in [0, 0.05) is 6.20 Å². The van der Waals surface area contributed by atoms with Crippen LogP contribution in [0.4, 0.5) is 17.1 Å². The summed E-state index contributed by atoms with van der Waals surface area (Å²) in [6.45, 7) is 2.11. The van der Waals surface area contributed by atoms with Gasteiger partial charge in [-0.3, -0.25) is 4.98 Å². The smallest absolute Gasteiger partial charge is 0.338 e. The number of carbonyl (C=O) groups is 1. The van der Waals surface area contributed by atoms with Crippen LogP contribution in [0.3, 0.4) is 0 Å². The Morgan fingerprint density at radius 2 is 2.26 bits per heavy atom. The number of pyridine rings is 1. The maximum atomic E-state index is 11.7. The number of rotatable bonds is 4. The van der Waals surface area contributed by atoms with Gasteiger partial charge in [0.05, 0.1) is 35.4 Å². The van der Waals surface area contributed by atoms with Gasteiger partial charge in [0.15, 0.2) is 0 Å². The monoisotopic (exact) mass is 257 g/mol. The van der Waals surface area contributed by atoms with E-state index < -0.39 is 0 Å². The van der Waals surface area contributed by atoms with Crippen LogP contribution >= 0.6 is 0 Å². The number of carbonyl (C=O) groups excluding carboxylic acids is 1. The quantitative estimate of drug-likeness (QED) is 0.650. The first-order chi connectivity index (χ1) is 9.20. The van der Waals surface area contributed by atoms with Gasteiger partial charge in [-0.15, -0.1) is 0 Å². The fourth-order valence-corrected chi connectivity index (χ4v) is 1.60. The Bertz CT molecular complexity index is 570. The number of hydrogen-bond acceptors (Lipinski definition) is 5. The predicted molar refractivity (Wildman–Crippen MR) is 74.3 cm³/mol. The number of aromatic nitrogens is 1. The minimum Gasteiger partial charge on any atom is -0.462 e. The molecule has 0 unspecified atom stereocenters. The third kappa shape index (κ3) is 3.22. The van der Waals surface area contributed by atoms with E-state index in [4.69, 9.17) is 10.5 Å². The highest BCUT2D eigenvalue weighted by Crippen LogP contribution is 2.24. The van der Waals surface area contributed by atoms with Crippen molar-refractivity contribution in [2.75, 3.05) is 17.7 Å². The molecule has 19 heavy (non-hydrogen) atoms. The van der Waals surface area contributed by atoms with Crippen LogP contribution in [0.5, 0.6) is 0 Å². The molecule has 0 radical (unpaired) electrons. The summed E-state index contributed by atoms with van der Waals surface area (Å²) in [5.74, 6) is -0.364. The Morgan fingerprint density at radius 1 is 1.42 bits per heavy atom. The van der Waals surface area contributed by atoms with Crippen LogP contribution in [-0.2, 0) is 4.74 Å². The average molecular weight is 257 g/mol. The van der Waals surface area contributed by atoms with Gasteiger partial charge in [0.1, 0.15) is 0 Å². The van der Waals surface area contributed by atoms with Gasteiger partial charge in [-0.25, -0.2) is 4.79 Å². The molecular formula is C14H15N3O2. The standard InChI is InChI=1S/C14H15N3O2/c1-2-19-14(18)10-5-6-12(15)13(8-10)17-11-4-3-7-16-9-11/h3-9,17H,2,15H2,1H3. The zero-order valence-corrected chi connectivity index (χ0v) is 10.6. The summed E-state index contributed by atoms with van der Waals surface area (Å²) in [4.78, 5) is 15.7. The van der Waals surface area contributed by atoms with Crippen molar-refractivity contribution in [2.24, 2.45) is 0 Å². The Kier molecular flexibility index (Phi) is 3.97. The van der Waals surface area contributed by atoms with Gasteiger partial charge in [-0.1, -0.05) is 0 Å². The molecule has 0 saturated carbocycles. The summed E-state index contributed by atoms with van der Waals surface area (Å²) in [5, 5.41) is 3.11. The van der Waals surface area contributed by atoms with Gasteiger partial charge in [0.25, 0.3) is 0 Å². The van der Waals surface area contributed by atoms with Crippen LogP contribution in [0.1, 0.15) is 17.3 Å². The first-order valence-electron chi connectivity index (χ1n) is 5.94. The van der Waals surface area contributed by atoms with Crippen molar-refractivity contribution in [1.82, 2.24) is 4.98 Å². The molecule has 0 aliphatic heterocycles.